The maximum atomic E-state index is 14.3. The van der Waals surface area contributed by atoms with E-state index in [1.165, 1.54) is 22.8 Å². The van der Waals surface area contributed by atoms with Crippen LogP contribution in [-0.4, -0.2) is 31.2 Å². The molecule has 36 heavy (non-hydrogen) atoms. The lowest BCUT2D eigenvalue weighted by Crippen LogP contribution is -2.21. The highest BCUT2D eigenvalue weighted by Crippen LogP contribution is 2.39. The molecule has 8 nitrogen and oxygen atoms in total. The lowest BCUT2D eigenvalue weighted by Gasteiger charge is -2.15. The number of amides is 2. The number of hydrogen-bond acceptors (Lipinski definition) is 4. The summed E-state index contributed by atoms with van der Waals surface area (Å²) in [5.74, 6) is -1.34. The molecule has 4 heterocycles. The van der Waals surface area contributed by atoms with Crippen molar-refractivity contribution in [3.05, 3.63) is 82.4 Å². The molecule has 2 N–H and O–H groups in total. The second-order valence-corrected chi connectivity index (χ2v) is 8.66. The number of nitrogens with one attached hydrogen (secondary N) is 2. The molecule has 0 aliphatic carbocycles. The quantitative estimate of drug-likeness (QED) is 0.336. The van der Waals surface area contributed by atoms with Gasteiger partial charge in [-0.3, -0.25) is 9.59 Å². The lowest BCUT2D eigenvalue weighted by molar-refractivity contribution is -0.143. The number of nitrogens with zero attached hydrogens (tertiary/aromatic N) is 4. The number of benzene rings is 2. The van der Waals surface area contributed by atoms with Crippen molar-refractivity contribution in [2.45, 2.75) is 13.1 Å². The predicted octanol–water partition coefficient (Wildman–Crippen LogP) is 5.47. The number of anilines is 2. The summed E-state index contributed by atoms with van der Waals surface area (Å²) >= 11 is 6.09. The van der Waals surface area contributed by atoms with Gasteiger partial charge in [-0.2, -0.15) is 23.4 Å². The number of halogens is 4. The minimum absolute atomic E-state index is 0.0833. The molecule has 0 saturated heterocycles. The van der Waals surface area contributed by atoms with E-state index in [2.05, 4.69) is 20.8 Å². The van der Waals surface area contributed by atoms with E-state index in [0.29, 0.717) is 37.4 Å². The Kier molecular flexibility index (Phi) is 4.64. The topological polar surface area (TPSA) is 93.3 Å². The lowest BCUT2D eigenvalue weighted by atomic mass is 10.0. The van der Waals surface area contributed by atoms with E-state index in [4.69, 9.17) is 11.6 Å². The molecule has 0 unspecified atom stereocenters. The molecule has 12 heteroatoms. The van der Waals surface area contributed by atoms with Gasteiger partial charge in [-0.05, 0) is 42.8 Å². The van der Waals surface area contributed by atoms with Crippen molar-refractivity contribution in [1.29, 1.82) is 0 Å². The molecule has 1 aliphatic heterocycles. The summed E-state index contributed by atoms with van der Waals surface area (Å²) < 4.78 is 45.0. The van der Waals surface area contributed by atoms with Crippen LogP contribution in [0.1, 0.15) is 32.0 Å². The van der Waals surface area contributed by atoms with Crippen LogP contribution in [0.3, 0.4) is 0 Å². The molecule has 0 spiro atoms. The van der Waals surface area contributed by atoms with Gasteiger partial charge in [-0.1, -0.05) is 23.7 Å². The predicted molar refractivity (Wildman–Crippen MR) is 127 cm³/mol. The molecule has 0 fully saturated rings. The van der Waals surface area contributed by atoms with E-state index >= 15 is 0 Å². The number of fused-ring (bicyclic) bond motifs is 1. The van der Waals surface area contributed by atoms with Crippen LogP contribution in [0.15, 0.2) is 54.9 Å². The van der Waals surface area contributed by atoms with Gasteiger partial charge < -0.3 is 10.6 Å². The van der Waals surface area contributed by atoms with Crippen molar-refractivity contribution in [2.24, 2.45) is 0 Å². The summed E-state index contributed by atoms with van der Waals surface area (Å²) in [7, 11) is 0. The Morgan fingerprint density at radius 2 is 1.92 bits per heavy atom. The zero-order chi connectivity index (χ0) is 25.4. The summed E-state index contributed by atoms with van der Waals surface area (Å²) in [5.41, 5.74) is 0.608. The van der Waals surface area contributed by atoms with E-state index < -0.39 is 23.3 Å². The molecular weight excluding hydrogens is 497 g/mol. The van der Waals surface area contributed by atoms with Gasteiger partial charge in [0.2, 0.25) is 0 Å². The van der Waals surface area contributed by atoms with Crippen molar-refractivity contribution in [1.82, 2.24) is 19.4 Å². The Morgan fingerprint density at radius 1 is 1.11 bits per heavy atom. The van der Waals surface area contributed by atoms with E-state index in [0.717, 1.165) is 11.8 Å². The summed E-state index contributed by atoms with van der Waals surface area (Å²) in [6.07, 6.45) is -2.74. The molecule has 0 atom stereocenters. The first kappa shape index (κ1) is 22.1. The Hall–Kier alpha value is -4.38. The summed E-state index contributed by atoms with van der Waals surface area (Å²) in [6, 6.07) is 11.0. The Morgan fingerprint density at radius 3 is 2.69 bits per heavy atom. The summed E-state index contributed by atoms with van der Waals surface area (Å²) in [4.78, 5) is 25.2. The Bertz CT molecular complexity index is 1750. The smallest absolute Gasteiger partial charge is 0.321 e. The zero-order valence-electron chi connectivity index (χ0n) is 18.3. The third-order valence-electron chi connectivity index (χ3n) is 6.05. The van der Waals surface area contributed by atoms with Crippen molar-refractivity contribution in [2.75, 3.05) is 10.6 Å². The third kappa shape index (κ3) is 3.23. The van der Waals surface area contributed by atoms with Gasteiger partial charge in [0.1, 0.15) is 5.15 Å². The minimum Gasteiger partial charge on any atom is -0.321 e. The van der Waals surface area contributed by atoms with Gasteiger partial charge in [0.15, 0.2) is 5.69 Å². The highest BCUT2D eigenvalue weighted by atomic mass is 35.5. The van der Waals surface area contributed by atoms with Crippen LogP contribution in [0.4, 0.5) is 24.5 Å². The van der Waals surface area contributed by atoms with Crippen molar-refractivity contribution in [3.8, 4) is 5.69 Å². The summed E-state index contributed by atoms with van der Waals surface area (Å²) in [6.45, 7) is 1.79. The number of alkyl halides is 3. The molecule has 0 bridgehead atoms. The molecule has 180 valence electrons. The molecule has 5 aromatic rings. The van der Waals surface area contributed by atoms with Gasteiger partial charge in [0, 0.05) is 22.0 Å². The minimum atomic E-state index is -4.91. The maximum Gasteiger partial charge on any atom is 0.434 e. The van der Waals surface area contributed by atoms with Gasteiger partial charge in [-0.15, -0.1) is 0 Å². The molecule has 6 rings (SSSR count). The fourth-order valence-electron chi connectivity index (χ4n) is 4.49. The average Bonchev–Trinajstić information content (AvgIpc) is 3.50. The number of aromatic nitrogens is 4. The molecule has 0 radical (unpaired) electrons. The number of hydrogen-bond donors (Lipinski definition) is 2. The Labute approximate surface area is 205 Å². The van der Waals surface area contributed by atoms with Gasteiger partial charge >= 0.3 is 6.18 Å². The van der Waals surface area contributed by atoms with Crippen molar-refractivity contribution >= 4 is 51.1 Å². The second kappa shape index (κ2) is 7.56. The largest absolute Gasteiger partial charge is 0.434 e. The molecule has 2 amide bonds. The van der Waals surface area contributed by atoms with E-state index in [9.17, 15) is 22.8 Å². The van der Waals surface area contributed by atoms with Gasteiger partial charge in [-0.25, -0.2) is 9.20 Å². The number of aryl methyl sites for hydroxylation is 1. The second-order valence-electron chi connectivity index (χ2n) is 8.28. The first-order valence-electron chi connectivity index (χ1n) is 10.6. The normalized spacial score (nSPS) is 13.0. The van der Waals surface area contributed by atoms with Crippen LogP contribution in [0, 0.1) is 6.92 Å². The van der Waals surface area contributed by atoms with Crippen LogP contribution in [0.2, 0.25) is 5.15 Å². The SMILES string of the molecule is Cc1cc(Cl)n2ncc(NC(=O)c3cnn(-c4ccc5c6c(cccc46)C(=O)N5)c3C(F)(F)F)cc12. The molecule has 2 aromatic carbocycles. The van der Waals surface area contributed by atoms with Crippen molar-refractivity contribution in [3.63, 3.8) is 0 Å². The number of carbonyl (C=O) groups is 2. The fourth-order valence-corrected chi connectivity index (χ4v) is 4.79. The number of rotatable bonds is 3. The van der Waals surface area contributed by atoms with E-state index in [-0.39, 0.29) is 17.3 Å². The highest BCUT2D eigenvalue weighted by molar-refractivity contribution is 6.30. The van der Waals surface area contributed by atoms with Crippen LogP contribution in [-0.2, 0) is 6.18 Å². The average molecular weight is 511 g/mol. The van der Waals surface area contributed by atoms with Crippen LogP contribution >= 0.6 is 11.6 Å². The molecule has 1 aliphatic rings. The first-order chi connectivity index (χ1) is 17.1. The van der Waals surface area contributed by atoms with Crippen LogP contribution in [0.25, 0.3) is 22.0 Å². The molecular formula is C24H14ClF3N6O2. The standard InChI is InChI=1S/C24H14ClF3N6O2/c1-11-7-19(25)33-18(11)8-12(9-29-33)31-23(36)15-10-30-34(21(15)24(26,27)28)17-6-5-16-20-13(17)3-2-4-14(20)22(35)32-16/h2-10H,1H3,(H,31,36)(H,32,35). The maximum absolute atomic E-state index is 14.3. The van der Waals surface area contributed by atoms with Gasteiger partial charge in [0.05, 0.1) is 34.8 Å². The molecule has 3 aromatic heterocycles. The monoisotopic (exact) mass is 510 g/mol. The van der Waals surface area contributed by atoms with Crippen molar-refractivity contribution < 1.29 is 22.8 Å². The van der Waals surface area contributed by atoms with Crippen LogP contribution in [0.5, 0.6) is 0 Å². The van der Waals surface area contributed by atoms with Crippen LogP contribution < -0.4 is 10.6 Å². The first-order valence-corrected chi connectivity index (χ1v) is 11.0. The van der Waals surface area contributed by atoms with E-state index in [1.807, 2.05) is 0 Å². The number of carbonyl (C=O) groups excluding carboxylic acids is 2. The van der Waals surface area contributed by atoms with Gasteiger partial charge in [0.25, 0.3) is 11.8 Å². The fraction of sp³-hybridized carbons (Fsp3) is 0.0833. The molecule has 0 saturated carbocycles. The highest BCUT2D eigenvalue weighted by Gasteiger charge is 2.41. The summed E-state index contributed by atoms with van der Waals surface area (Å²) in [5, 5.41) is 14.5. The van der Waals surface area contributed by atoms with E-state index in [1.54, 1.807) is 37.3 Å². The zero-order valence-corrected chi connectivity index (χ0v) is 19.1. The Balaban J connectivity index is 1.45. The third-order valence-corrected chi connectivity index (χ3v) is 6.32.